The first-order valence-electron chi connectivity index (χ1n) is 4.87. The molecule has 1 aromatic rings. The first-order chi connectivity index (χ1) is 7.81. The average Bonchev–Trinajstić information content (AvgIpc) is 2.25. The minimum atomic E-state index is -4.20. The monoisotopic (exact) mass is 246 g/mol. The van der Waals surface area contributed by atoms with Gasteiger partial charge in [-0.2, -0.15) is 13.2 Å². The molecule has 0 aliphatic heterocycles. The van der Waals surface area contributed by atoms with Gasteiger partial charge in [-0.1, -0.05) is 0 Å². The number of hydrogen-bond acceptors (Lipinski definition) is 3. The number of alkyl halides is 3. The van der Waals surface area contributed by atoms with Crippen LogP contribution < -0.4 is 10.6 Å². The average molecular weight is 246 g/mol. The van der Waals surface area contributed by atoms with Gasteiger partial charge < -0.3 is 10.6 Å². The van der Waals surface area contributed by atoms with Crippen molar-refractivity contribution in [2.45, 2.75) is 12.6 Å². The molecule has 0 atom stereocenters. The number of amidine groups is 1. The Morgan fingerprint density at radius 2 is 2.18 bits per heavy atom. The molecule has 1 rings (SSSR count). The minimum absolute atomic E-state index is 0.193. The van der Waals surface area contributed by atoms with E-state index in [0.717, 1.165) is 0 Å². The molecule has 0 saturated carbocycles. The number of nitrogens with zero attached hydrogens (tertiary/aromatic N) is 2. The standard InChI is InChI=1S/C10H13F3N4/c1-17(5-3-10(11,12)13)8-6-16-4-2-7(8)9(14)15/h2,4,6H,3,5H2,1H3,(H3,14,15). The van der Waals surface area contributed by atoms with Crippen molar-refractivity contribution in [3.05, 3.63) is 24.0 Å². The number of nitrogen functional groups attached to an aromatic ring is 1. The molecule has 0 amide bonds. The molecule has 0 aromatic carbocycles. The predicted molar refractivity (Wildman–Crippen MR) is 59.2 cm³/mol. The van der Waals surface area contributed by atoms with Gasteiger partial charge in [-0.25, -0.2) is 0 Å². The van der Waals surface area contributed by atoms with Crippen molar-refractivity contribution < 1.29 is 13.2 Å². The van der Waals surface area contributed by atoms with Crippen molar-refractivity contribution in [1.29, 1.82) is 5.41 Å². The van der Waals surface area contributed by atoms with Crippen molar-refractivity contribution in [1.82, 2.24) is 4.98 Å². The van der Waals surface area contributed by atoms with E-state index in [1.54, 1.807) is 0 Å². The van der Waals surface area contributed by atoms with E-state index < -0.39 is 12.6 Å². The van der Waals surface area contributed by atoms with Gasteiger partial charge in [0.25, 0.3) is 0 Å². The van der Waals surface area contributed by atoms with Crippen molar-refractivity contribution in [3.8, 4) is 0 Å². The maximum absolute atomic E-state index is 12.1. The third-order valence-electron chi connectivity index (χ3n) is 2.23. The zero-order valence-electron chi connectivity index (χ0n) is 9.25. The predicted octanol–water partition coefficient (Wildman–Crippen LogP) is 1.75. The second kappa shape index (κ2) is 5.03. The summed E-state index contributed by atoms with van der Waals surface area (Å²) in [7, 11) is 1.51. The highest BCUT2D eigenvalue weighted by molar-refractivity contribution is 6.00. The lowest BCUT2D eigenvalue weighted by molar-refractivity contribution is -0.132. The number of rotatable bonds is 4. The van der Waals surface area contributed by atoms with Crippen LogP contribution in [0.2, 0.25) is 0 Å². The SMILES string of the molecule is CN(CCC(F)(F)F)c1cnccc1C(=N)N. The minimum Gasteiger partial charge on any atom is -0.384 e. The maximum atomic E-state index is 12.1. The lowest BCUT2D eigenvalue weighted by Gasteiger charge is -2.22. The maximum Gasteiger partial charge on any atom is 0.390 e. The Kier molecular flexibility index (Phi) is 3.93. The van der Waals surface area contributed by atoms with Gasteiger partial charge in [0.15, 0.2) is 0 Å². The summed E-state index contributed by atoms with van der Waals surface area (Å²) in [5, 5.41) is 7.33. The number of halogens is 3. The Hall–Kier alpha value is -1.79. The Bertz CT molecular complexity index is 403. The summed E-state index contributed by atoms with van der Waals surface area (Å²) >= 11 is 0. The van der Waals surface area contributed by atoms with Crippen molar-refractivity contribution >= 4 is 11.5 Å². The van der Waals surface area contributed by atoms with Gasteiger partial charge in [0.05, 0.1) is 18.3 Å². The van der Waals surface area contributed by atoms with Crippen LogP contribution in [0.25, 0.3) is 0 Å². The van der Waals surface area contributed by atoms with E-state index in [2.05, 4.69) is 4.98 Å². The number of nitrogens with two attached hydrogens (primary N) is 1. The number of aromatic nitrogens is 1. The van der Waals surface area contributed by atoms with Crippen LogP contribution in [0.5, 0.6) is 0 Å². The Balaban J connectivity index is 2.82. The Morgan fingerprint density at radius 3 is 2.71 bits per heavy atom. The molecule has 0 bridgehead atoms. The van der Waals surface area contributed by atoms with Crippen molar-refractivity contribution in [2.24, 2.45) is 5.73 Å². The zero-order chi connectivity index (χ0) is 13.1. The second-order valence-electron chi connectivity index (χ2n) is 3.59. The fraction of sp³-hybridized carbons (Fsp3) is 0.400. The largest absolute Gasteiger partial charge is 0.390 e. The van der Waals surface area contributed by atoms with E-state index in [4.69, 9.17) is 11.1 Å². The van der Waals surface area contributed by atoms with E-state index in [1.165, 1.54) is 30.4 Å². The fourth-order valence-corrected chi connectivity index (χ4v) is 1.33. The van der Waals surface area contributed by atoms with Crippen LogP contribution in [-0.4, -0.2) is 30.6 Å². The fourth-order valence-electron chi connectivity index (χ4n) is 1.33. The van der Waals surface area contributed by atoms with Gasteiger partial charge in [0.2, 0.25) is 0 Å². The van der Waals surface area contributed by atoms with Gasteiger partial charge in [0.1, 0.15) is 5.84 Å². The lowest BCUT2D eigenvalue weighted by Crippen LogP contribution is -2.26. The first-order valence-corrected chi connectivity index (χ1v) is 4.87. The third-order valence-corrected chi connectivity index (χ3v) is 2.23. The van der Waals surface area contributed by atoms with Crippen LogP contribution >= 0.6 is 0 Å². The van der Waals surface area contributed by atoms with E-state index >= 15 is 0 Å². The van der Waals surface area contributed by atoms with Gasteiger partial charge >= 0.3 is 6.18 Å². The molecule has 17 heavy (non-hydrogen) atoms. The van der Waals surface area contributed by atoms with Crippen LogP contribution in [0.3, 0.4) is 0 Å². The smallest absolute Gasteiger partial charge is 0.384 e. The second-order valence-corrected chi connectivity index (χ2v) is 3.59. The third kappa shape index (κ3) is 3.93. The molecule has 0 aliphatic carbocycles. The molecule has 7 heteroatoms. The quantitative estimate of drug-likeness (QED) is 0.628. The topological polar surface area (TPSA) is 66.0 Å². The molecule has 1 aromatic heterocycles. The highest BCUT2D eigenvalue weighted by Gasteiger charge is 2.27. The van der Waals surface area contributed by atoms with Gasteiger partial charge in [-0.05, 0) is 6.07 Å². The van der Waals surface area contributed by atoms with Crippen molar-refractivity contribution in [2.75, 3.05) is 18.5 Å². The molecular formula is C10H13F3N4. The van der Waals surface area contributed by atoms with E-state index in [-0.39, 0.29) is 12.4 Å². The van der Waals surface area contributed by atoms with Crippen LogP contribution in [0.15, 0.2) is 18.5 Å². The molecule has 0 radical (unpaired) electrons. The summed E-state index contributed by atoms with van der Waals surface area (Å²) in [5.41, 5.74) is 6.14. The van der Waals surface area contributed by atoms with Crippen LogP contribution in [0.4, 0.5) is 18.9 Å². The van der Waals surface area contributed by atoms with Crippen LogP contribution in [0, 0.1) is 5.41 Å². The number of hydrogen-bond donors (Lipinski definition) is 2. The van der Waals surface area contributed by atoms with E-state index in [0.29, 0.717) is 11.3 Å². The molecule has 1 heterocycles. The van der Waals surface area contributed by atoms with Gasteiger partial charge in [-0.15, -0.1) is 0 Å². The number of anilines is 1. The van der Waals surface area contributed by atoms with E-state index in [9.17, 15) is 13.2 Å². The number of pyridine rings is 1. The first kappa shape index (κ1) is 13.3. The lowest BCUT2D eigenvalue weighted by atomic mass is 10.2. The highest BCUT2D eigenvalue weighted by Crippen LogP contribution is 2.23. The number of nitrogens with one attached hydrogen (secondary N) is 1. The molecule has 0 aliphatic rings. The summed E-state index contributed by atoms with van der Waals surface area (Å²) in [6.45, 7) is -0.199. The highest BCUT2D eigenvalue weighted by atomic mass is 19.4. The molecule has 0 unspecified atom stereocenters. The molecular weight excluding hydrogens is 233 g/mol. The Morgan fingerprint density at radius 1 is 1.53 bits per heavy atom. The van der Waals surface area contributed by atoms with Crippen molar-refractivity contribution in [3.63, 3.8) is 0 Å². The molecule has 94 valence electrons. The molecule has 0 fully saturated rings. The summed E-state index contributed by atoms with van der Waals surface area (Å²) < 4.78 is 36.2. The van der Waals surface area contributed by atoms with Crippen LogP contribution in [-0.2, 0) is 0 Å². The summed E-state index contributed by atoms with van der Waals surface area (Å²) in [6, 6.07) is 1.50. The van der Waals surface area contributed by atoms with Gasteiger partial charge in [-0.3, -0.25) is 10.4 Å². The van der Waals surface area contributed by atoms with Crippen LogP contribution in [0.1, 0.15) is 12.0 Å². The van der Waals surface area contributed by atoms with E-state index in [1.807, 2.05) is 0 Å². The zero-order valence-corrected chi connectivity index (χ0v) is 9.25. The molecule has 0 spiro atoms. The molecule has 4 nitrogen and oxygen atoms in total. The Labute approximate surface area is 96.8 Å². The molecule has 3 N–H and O–H groups in total. The summed E-state index contributed by atoms with van der Waals surface area (Å²) in [6.07, 6.45) is -2.28. The summed E-state index contributed by atoms with van der Waals surface area (Å²) in [5.74, 6) is -0.193. The molecule has 0 saturated heterocycles. The normalized spacial score (nSPS) is 11.3. The van der Waals surface area contributed by atoms with Gasteiger partial charge in [0, 0.05) is 25.4 Å². The summed E-state index contributed by atoms with van der Waals surface area (Å²) in [4.78, 5) is 5.20.